The first kappa shape index (κ1) is 14.8. The Morgan fingerprint density at radius 2 is 2.06 bits per heavy atom. The maximum atomic E-state index is 12.0. The predicted octanol–water partition coefficient (Wildman–Crippen LogP) is 3.75. The second-order valence-corrected chi connectivity index (χ2v) is 4.21. The van der Waals surface area contributed by atoms with Gasteiger partial charge in [-0.2, -0.15) is 13.2 Å². The number of hydrogen-bond donors (Lipinski definition) is 1. The summed E-state index contributed by atoms with van der Waals surface area (Å²) >= 11 is 5.55. The fourth-order valence-electron chi connectivity index (χ4n) is 1.46. The third kappa shape index (κ3) is 5.91. The molecular weight excluding hydrogens is 267 g/mol. The highest BCUT2D eigenvalue weighted by Crippen LogP contribution is 2.20. The first-order chi connectivity index (χ1) is 8.40. The minimum atomic E-state index is -4.49. The van der Waals surface area contributed by atoms with E-state index in [0.29, 0.717) is 11.6 Å². The molecule has 1 aromatic rings. The largest absolute Gasteiger partial charge is 0.397 e. The van der Waals surface area contributed by atoms with Gasteiger partial charge in [-0.25, -0.2) is 0 Å². The number of rotatable bonds is 5. The van der Waals surface area contributed by atoms with E-state index in [9.17, 15) is 18.0 Å². The third-order valence-corrected chi connectivity index (χ3v) is 2.44. The van der Waals surface area contributed by atoms with E-state index in [1.54, 1.807) is 18.2 Å². The number of carbonyl (C=O) groups excluding carboxylic acids is 1. The van der Waals surface area contributed by atoms with Crippen molar-refractivity contribution < 1.29 is 18.0 Å². The third-order valence-electron chi connectivity index (χ3n) is 2.17. The van der Waals surface area contributed by atoms with Crippen LogP contribution in [0.2, 0.25) is 0 Å². The van der Waals surface area contributed by atoms with E-state index in [4.69, 9.17) is 11.6 Å². The molecular formula is C12H13ClF3NO. The average Bonchev–Trinajstić information content (AvgIpc) is 2.24. The van der Waals surface area contributed by atoms with Gasteiger partial charge in [0.1, 0.15) is 6.42 Å². The Morgan fingerprint density at radius 3 is 2.67 bits per heavy atom. The van der Waals surface area contributed by atoms with Gasteiger partial charge in [0, 0.05) is 11.6 Å². The van der Waals surface area contributed by atoms with Gasteiger partial charge in [0.05, 0.1) is 0 Å². The summed E-state index contributed by atoms with van der Waals surface area (Å²) in [5.74, 6) is -0.540. The van der Waals surface area contributed by atoms with Crippen LogP contribution in [0.4, 0.5) is 18.9 Å². The van der Waals surface area contributed by atoms with Crippen LogP contribution in [0.25, 0.3) is 0 Å². The maximum Gasteiger partial charge on any atom is 0.397 e. The summed E-state index contributed by atoms with van der Waals surface area (Å²) in [6.45, 7) is 0. The van der Waals surface area contributed by atoms with Crippen LogP contribution in [0.3, 0.4) is 0 Å². The van der Waals surface area contributed by atoms with Crippen LogP contribution >= 0.6 is 11.6 Å². The zero-order chi connectivity index (χ0) is 13.6. The minimum Gasteiger partial charge on any atom is -0.326 e. The Balaban J connectivity index is 2.59. The van der Waals surface area contributed by atoms with E-state index < -0.39 is 18.5 Å². The molecule has 1 N–H and O–H groups in total. The summed E-state index contributed by atoms with van der Waals surface area (Å²) in [5, 5.41) is 2.22. The molecule has 6 heteroatoms. The van der Waals surface area contributed by atoms with Gasteiger partial charge in [0.2, 0.25) is 5.91 Å². The molecule has 100 valence electrons. The Hall–Kier alpha value is -1.23. The van der Waals surface area contributed by atoms with Crippen molar-refractivity contribution >= 4 is 23.2 Å². The lowest BCUT2D eigenvalue weighted by molar-refractivity contribution is -0.150. The van der Waals surface area contributed by atoms with Crippen LogP contribution in [-0.2, 0) is 11.2 Å². The topological polar surface area (TPSA) is 29.1 Å². The van der Waals surface area contributed by atoms with Gasteiger partial charge in [-0.05, 0) is 30.5 Å². The monoisotopic (exact) mass is 279 g/mol. The van der Waals surface area contributed by atoms with Crippen molar-refractivity contribution in [2.75, 3.05) is 11.2 Å². The molecule has 1 amide bonds. The number of carbonyl (C=O) groups is 1. The number of hydrogen-bond acceptors (Lipinski definition) is 1. The number of alkyl halides is 4. The molecule has 0 saturated heterocycles. The molecule has 0 spiro atoms. The predicted molar refractivity (Wildman–Crippen MR) is 64.8 cm³/mol. The lowest BCUT2D eigenvalue weighted by Gasteiger charge is -2.09. The van der Waals surface area contributed by atoms with Crippen LogP contribution in [0.5, 0.6) is 0 Å². The molecule has 1 aromatic carbocycles. The van der Waals surface area contributed by atoms with Crippen molar-refractivity contribution in [3.63, 3.8) is 0 Å². The maximum absolute atomic E-state index is 12.0. The number of aryl methyl sites for hydroxylation is 1. The van der Waals surface area contributed by atoms with Crippen molar-refractivity contribution in [2.24, 2.45) is 0 Å². The Bertz CT molecular complexity index is 407. The Kier molecular flexibility index (Phi) is 5.47. The van der Waals surface area contributed by atoms with Gasteiger partial charge in [-0.3, -0.25) is 4.79 Å². The molecule has 0 bridgehead atoms. The van der Waals surface area contributed by atoms with Gasteiger partial charge in [0.15, 0.2) is 0 Å². The highest BCUT2D eigenvalue weighted by molar-refractivity contribution is 6.17. The molecule has 0 radical (unpaired) electrons. The van der Waals surface area contributed by atoms with Crippen LogP contribution in [0.1, 0.15) is 18.4 Å². The standard InChI is InChI=1S/C12H13ClF3NO/c13-6-2-4-9-3-1-5-10(7-9)17-11(18)8-12(14,15)16/h1,3,5,7H,2,4,6,8H2,(H,17,18). The van der Waals surface area contributed by atoms with Crippen LogP contribution in [0, 0.1) is 0 Å². The lowest BCUT2D eigenvalue weighted by Crippen LogP contribution is -2.21. The van der Waals surface area contributed by atoms with Crippen LogP contribution in [-0.4, -0.2) is 18.0 Å². The molecule has 0 saturated carbocycles. The van der Waals surface area contributed by atoms with Gasteiger partial charge >= 0.3 is 6.18 Å². The summed E-state index contributed by atoms with van der Waals surface area (Å²) < 4.78 is 35.9. The van der Waals surface area contributed by atoms with E-state index in [-0.39, 0.29) is 0 Å². The zero-order valence-corrected chi connectivity index (χ0v) is 10.3. The smallest absolute Gasteiger partial charge is 0.326 e. The number of amides is 1. The second kappa shape index (κ2) is 6.64. The summed E-state index contributed by atoms with van der Waals surface area (Å²) in [6.07, 6.45) is -4.45. The highest BCUT2D eigenvalue weighted by atomic mass is 35.5. The highest BCUT2D eigenvalue weighted by Gasteiger charge is 2.31. The lowest BCUT2D eigenvalue weighted by atomic mass is 10.1. The molecule has 0 aliphatic rings. The van der Waals surface area contributed by atoms with Gasteiger partial charge in [0.25, 0.3) is 0 Å². The zero-order valence-electron chi connectivity index (χ0n) is 9.56. The molecule has 0 atom stereocenters. The molecule has 2 nitrogen and oxygen atoms in total. The van der Waals surface area contributed by atoms with Gasteiger partial charge in [-0.15, -0.1) is 11.6 Å². The van der Waals surface area contributed by atoms with Crippen LogP contribution < -0.4 is 5.32 Å². The molecule has 0 aromatic heterocycles. The van der Waals surface area contributed by atoms with Crippen molar-refractivity contribution in [2.45, 2.75) is 25.4 Å². The molecule has 0 fully saturated rings. The van der Waals surface area contributed by atoms with E-state index in [2.05, 4.69) is 5.32 Å². The van der Waals surface area contributed by atoms with E-state index in [1.165, 1.54) is 0 Å². The molecule has 18 heavy (non-hydrogen) atoms. The summed E-state index contributed by atoms with van der Waals surface area (Å²) in [7, 11) is 0. The summed E-state index contributed by atoms with van der Waals surface area (Å²) in [4.78, 5) is 11.1. The first-order valence-corrected chi connectivity index (χ1v) is 5.95. The van der Waals surface area contributed by atoms with Crippen molar-refractivity contribution in [1.82, 2.24) is 0 Å². The number of anilines is 1. The Labute approximate surface area is 108 Å². The number of benzene rings is 1. The van der Waals surface area contributed by atoms with Crippen molar-refractivity contribution in [1.29, 1.82) is 0 Å². The number of nitrogens with one attached hydrogen (secondary N) is 1. The summed E-state index contributed by atoms with van der Waals surface area (Å²) in [6, 6.07) is 6.73. The molecule has 0 heterocycles. The quantitative estimate of drug-likeness (QED) is 0.817. The first-order valence-electron chi connectivity index (χ1n) is 5.42. The fourth-order valence-corrected chi connectivity index (χ4v) is 1.60. The molecule has 0 aliphatic carbocycles. The fraction of sp³-hybridized carbons (Fsp3) is 0.417. The molecule has 1 rings (SSSR count). The van der Waals surface area contributed by atoms with Gasteiger partial charge in [-0.1, -0.05) is 12.1 Å². The van der Waals surface area contributed by atoms with E-state index in [1.807, 2.05) is 6.07 Å². The molecule has 0 aliphatic heterocycles. The van der Waals surface area contributed by atoms with Crippen molar-refractivity contribution in [3.8, 4) is 0 Å². The number of halogens is 4. The van der Waals surface area contributed by atoms with Crippen LogP contribution in [0.15, 0.2) is 24.3 Å². The average molecular weight is 280 g/mol. The SMILES string of the molecule is O=C(CC(F)(F)F)Nc1cccc(CCCCl)c1. The van der Waals surface area contributed by atoms with E-state index in [0.717, 1.165) is 18.4 Å². The Morgan fingerprint density at radius 1 is 1.33 bits per heavy atom. The molecule has 0 unspecified atom stereocenters. The minimum absolute atomic E-state index is 0.372. The van der Waals surface area contributed by atoms with E-state index >= 15 is 0 Å². The van der Waals surface area contributed by atoms with Crippen molar-refractivity contribution in [3.05, 3.63) is 29.8 Å². The summed E-state index contributed by atoms with van der Waals surface area (Å²) in [5.41, 5.74) is 1.30. The normalized spacial score (nSPS) is 11.3. The van der Waals surface area contributed by atoms with Gasteiger partial charge < -0.3 is 5.32 Å². The second-order valence-electron chi connectivity index (χ2n) is 3.83.